The summed E-state index contributed by atoms with van der Waals surface area (Å²) in [5.41, 5.74) is 2.25. The highest BCUT2D eigenvalue weighted by Gasteiger charge is 2.43. The van der Waals surface area contributed by atoms with Crippen LogP contribution in [0.5, 0.6) is 0 Å². The molecule has 1 heterocycles. The van der Waals surface area contributed by atoms with Gasteiger partial charge in [-0.05, 0) is 50.2 Å². The van der Waals surface area contributed by atoms with Gasteiger partial charge in [0.25, 0.3) is 5.69 Å². The Kier molecular flexibility index (Phi) is 3.85. The molecule has 1 aromatic rings. The minimum Gasteiger partial charge on any atom is -0.382 e. The molecule has 1 spiro atoms. The predicted octanol–water partition coefficient (Wildman–Crippen LogP) is 3.66. The molecular formula is C16H22N2O3. The van der Waals surface area contributed by atoms with E-state index in [4.69, 9.17) is 4.74 Å². The van der Waals surface area contributed by atoms with Crippen LogP contribution >= 0.6 is 0 Å². The number of hydrogen-bond acceptors (Lipinski definition) is 4. The molecule has 1 saturated carbocycles. The molecule has 0 radical (unpaired) electrons. The summed E-state index contributed by atoms with van der Waals surface area (Å²) >= 11 is 0. The van der Waals surface area contributed by atoms with Crippen molar-refractivity contribution < 1.29 is 9.66 Å². The van der Waals surface area contributed by atoms with Crippen molar-refractivity contribution in [2.24, 2.45) is 5.41 Å². The van der Waals surface area contributed by atoms with E-state index in [1.165, 1.54) is 19.3 Å². The van der Waals surface area contributed by atoms with Gasteiger partial charge in [-0.2, -0.15) is 0 Å². The molecule has 1 aliphatic heterocycles. The molecule has 1 aromatic carbocycles. The Morgan fingerprint density at radius 2 is 2.10 bits per heavy atom. The van der Waals surface area contributed by atoms with Gasteiger partial charge in [0.15, 0.2) is 0 Å². The Morgan fingerprint density at radius 1 is 1.33 bits per heavy atom. The lowest BCUT2D eigenvalue weighted by Crippen LogP contribution is -2.40. The molecule has 0 unspecified atom stereocenters. The van der Waals surface area contributed by atoms with Gasteiger partial charge >= 0.3 is 0 Å². The number of nitro groups is 1. The molecule has 1 N–H and O–H groups in total. The summed E-state index contributed by atoms with van der Waals surface area (Å²) < 4.78 is 5.51. The zero-order valence-electron chi connectivity index (χ0n) is 12.4. The van der Waals surface area contributed by atoms with Gasteiger partial charge in [-0.1, -0.05) is 6.42 Å². The van der Waals surface area contributed by atoms with E-state index in [9.17, 15) is 10.1 Å². The molecule has 0 aromatic heterocycles. The summed E-state index contributed by atoms with van der Waals surface area (Å²) in [5.74, 6) is 0. The topological polar surface area (TPSA) is 64.4 Å². The number of rotatable bonds is 3. The van der Waals surface area contributed by atoms with E-state index < -0.39 is 0 Å². The maximum Gasteiger partial charge on any atom is 0.272 e. The molecule has 5 heteroatoms. The van der Waals surface area contributed by atoms with Gasteiger partial charge in [0.1, 0.15) is 0 Å². The normalized spacial score (nSPS) is 24.1. The van der Waals surface area contributed by atoms with Crippen LogP contribution in [0.3, 0.4) is 0 Å². The molecule has 0 amide bonds. The van der Waals surface area contributed by atoms with Gasteiger partial charge < -0.3 is 10.1 Å². The second kappa shape index (κ2) is 5.64. The van der Waals surface area contributed by atoms with Crippen molar-refractivity contribution >= 4 is 11.4 Å². The molecule has 3 rings (SSSR count). The van der Waals surface area contributed by atoms with E-state index in [0.717, 1.165) is 31.7 Å². The maximum absolute atomic E-state index is 10.9. The number of nitrogens with one attached hydrogen (secondary N) is 1. The lowest BCUT2D eigenvalue weighted by molar-refractivity contribution is -0.385. The van der Waals surface area contributed by atoms with Gasteiger partial charge in [-0.25, -0.2) is 0 Å². The Balaban J connectivity index is 1.76. The number of anilines is 1. The summed E-state index contributed by atoms with van der Waals surface area (Å²) in [7, 11) is 0. The van der Waals surface area contributed by atoms with Crippen molar-refractivity contribution in [1.82, 2.24) is 0 Å². The zero-order chi connectivity index (χ0) is 14.9. The lowest BCUT2D eigenvalue weighted by atomic mass is 9.75. The molecule has 1 saturated heterocycles. The molecule has 2 fully saturated rings. The fraction of sp³-hybridized carbons (Fsp3) is 0.625. The SMILES string of the molecule is Cc1cc(N[C@H]2CCCC23CCOCC3)ccc1[N+](=O)[O-]. The number of hydrogen-bond donors (Lipinski definition) is 1. The quantitative estimate of drug-likeness (QED) is 0.681. The summed E-state index contributed by atoms with van der Waals surface area (Å²) in [6, 6.07) is 5.78. The predicted molar refractivity (Wildman–Crippen MR) is 81.6 cm³/mol. The van der Waals surface area contributed by atoms with Crippen LogP contribution in [0.1, 0.15) is 37.7 Å². The summed E-state index contributed by atoms with van der Waals surface area (Å²) in [4.78, 5) is 10.6. The van der Waals surface area contributed by atoms with E-state index in [1.807, 2.05) is 12.1 Å². The first-order valence-corrected chi connectivity index (χ1v) is 7.70. The van der Waals surface area contributed by atoms with Gasteiger partial charge in [-0.3, -0.25) is 10.1 Å². The molecule has 114 valence electrons. The number of nitrogens with zero attached hydrogens (tertiary/aromatic N) is 1. The Hall–Kier alpha value is -1.62. The van der Waals surface area contributed by atoms with Crippen molar-refractivity contribution in [3.63, 3.8) is 0 Å². The van der Waals surface area contributed by atoms with Gasteiger partial charge in [-0.15, -0.1) is 0 Å². The Labute approximate surface area is 124 Å². The summed E-state index contributed by atoms with van der Waals surface area (Å²) in [6.07, 6.45) is 5.94. The fourth-order valence-electron chi connectivity index (χ4n) is 3.89. The van der Waals surface area contributed by atoms with Crippen molar-refractivity contribution in [1.29, 1.82) is 0 Å². The molecule has 2 aliphatic rings. The fourth-order valence-corrected chi connectivity index (χ4v) is 3.89. The zero-order valence-corrected chi connectivity index (χ0v) is 12.4. The minimum atomic E-state index is -0.325. The molecule has 21 heavy (non-hydrogen) atoms. The maximum atomic E-state index is 10.9. The van der Waals surface area contributed by atoms with Gasteiger partial charge in [0, 0.05) is 36.6 Å². The van der Waals surface area contributed by atoms with Crippen molar-refractivity contribution in [3.05, 3.63) is 33.9 Å². The van der Waals surface area contributed by atoms with Crippen LogP contribution in [0, 0.1) is 22.5 Å². The van der Waals surface area contributed by atoms with E-state index in [-0.39, 0.29) is 10.6 Å². The highest BCUT2D eigenvalue weighted by Crippen LogP contribution is 2.47. The smallest absolute Gasteiger partial charge is 0.272 e. The molecule has 5 nitrogen and oxygen atoms in total. The average Bonchev–Trinajstić information content (AvgIpc) is 2.82. The van der Waals surface area contributed by atoms with E-state index in [1.54, 1.807) is 13.0 Å². The molecule has 0 bridgehead atoms. The van der Waals surface area contributed by atoms with Crippen molar-refractivity contribution in [2.45, 2.75) is 45.1 Å². The summed E-state index contributed by atoms with van der Waals surface area (Å²) in [5, 5.41) is 14.5. The molecule has 1 aliphatic carbocycles. The minimum absolute atomic E-state index is 0.188. The second-order valence-electron chi connectivity index (χ2n) is 6.32. The first kappa shape index (κ1) is 14.3. The van der Waals surface area contributed by atoms with Gasteiger partial charge in [0.2, 0.25) is 0 Å². The van der Waals surface area contributed by atoms with E-state index >= 15 is 0 Å². The lowest BCUT2D eigenvalue weighted by Gasteiger charge is -2.39. The molecular weight excluding hydrogens is 268 g/mol. The number of ether oxygens (including phenoxy) is 1. The number of nitro benzene ring substituents is 1. The molecule has 1 atom stereocenters. The van der Waals surface area contributed by atoms with Gasteiger partial charge in [0.05, 0.1) is 4.92 Å². The number of benzene rings is 1. The van der Waals surface area contributed by atoms with Crippen LogP contribution in [0.25, 0.3) is 0 Å². The largest absolute Gasteiger partial charge is 0.382 e. The third-order valence-electron chi connectivity index (χ3n) is 5.13. The third-order valence-corrected chi connectivity index (χ3v) is 5.13. The van der Waals surface area contributed by atoms with Crippen LogP contribution in [0.4, 0.5) is 11.4 Å². The monoisotopic (exact) mass is 290 g/mol. The third kappa shape index (κ3) is 2.75. The van der Waals surface area contributed by atoms with Crippen molar-refractivity contribution in [3.8, 4) is 0 Å². The number of aryl methyl sites for hydroxylation is 1. The standard InChI is InChI=1S/C16H22N2O3/c1-12-11-13(4-5-14(12)18(19)20)17-15-3-2-6-16(15)7-9-21-10-8-16/h4-5,11,15,17H,2-3,6-10H2,1H3/t15-/m0/s1. The highest BCUT2D eigenvalue weighted by molar-refractivity contribution is 5.54. The Morgan fingerprint density at radius 3 is 2.76 bits per heavy atom. The van der Waals surface area contributed by atoms with E-state index in [0.29, 0.717) is 17.0 Å². The summed E-state index contributed by atoms with van der Waals surface area (Å²) in [6.45, 7) is 3.51. The first-order valence-electron chi connectivity index (χ1n) is 7.70. The van der Waals surface area contributed by atoms with Crippen LogP contribution in [-0.2, 0) is 4.74 Å². The van der Waals surface area contributed by atoms with E-state index in [2.05, 4.69) is 5.32 Å². The van der Waals surface area contributed by atoms with Crippen molar-refractivity contribution in [2.75, 3.05) is 18.5 Å². The van der Waals surface area contributed by atoms with Crippen LogP contribution in [0.2, 0.25) is 0 Å². The van der Waals surface area contributed by atoms with Crippen LogP contribution in [-0.4, -0.2) is 24.2 Å². The van der Waals surface area contributed by atoms with Crippen LogP contribution < -0.4 is 5.32 Å². The second-order valence-corrected chi connectivity index (χ2v) is 6.32. The first-order chi connectivity index (χ1) is 10.1. The Bertz CT molecular complexity index is 538. The van der Waals surface area contributed by atoms with Crippen LogP contribution in [0.15, 0.2) is 18.2 Å². The highest BCUT2D eigenvalue weighted by atomic mass is 16.6. The average molecular weight is 290 g/mol.